The Labute approximate surface area is 108 Å². The van der Waals surface area contributed by atoms with Crippen LogP contribution < -0.4 is 0 Å². The Balaban J connectivity index is 1.69. The van der Waals surface area contributed by atoms with E-state index < -0.39 is 0 Å². The third-order valence-electron chi connectivity index (χ3n) is 2.18. The van der Waals surface area contributed by atoms with Crippen LogP contribution in [0, 0.1) is 0 Å². The summed E-state index contributed by atoms with van der Waals surface area (Å²) in [5.41, 5.74) is 1.38. The molecule has 16 heavy (non-hydrogen) atoms. The average Bonchev–Trinajstić information content (AvgIpc) is 2.72. The first-order valence-corrected chi connectivity index (χ1v) is 7.09. The van der Waals surface area contributed by atoms with Gasteiger partial charge in [-0.3, -0.25) is 4.68 Å². The molecule has 0 unspecified atom stereocenters. The molecule has 2 nitrogen and oxygen atoms in total. The second-order valence-electron chi connectivity index (χ2n) is 3.46. The first kappa shape index (κ1) is 11.7. The number of thioether (sulfide) groups is 1. The fraction of sp³-hybridized carbons (Fsp3) is 0.250. The number of halogens is 1. The highest BCUT2D eigenvalue weighted by Gasteiger charge is 1.96. The minimum Gasteiger partial charge on any atom is -0.271 e. The maximum atomic E-state index is 4.22. The smallest absolute Gasteiger partial charge is 0.0632 e. The molecule has 84 valence electrons. The Kier molecular flexibility index (Phi) is 4.48. The van der Waals surface area contributed by atoms with E-state index in [1.807, 2.05) is 28.8 Å². The van der Waals surface area contributed by atoms with Gasteiger partial charge in [0.15, 0.2) is 0 Å². The van der Waals surface area contributed by atoms with Crippen molar-refractivity contribution in [1.29, 1.82) is 0 Å². The number of aromatic nitrogens is 2. The second-order valence-corrected chi connectivity index (χ2v) is 5.48. The van der Waals surface area contributed by atoms with E-state index >= 15 is 0 Å². The third-order valence-corrected chi connectivity index (χ3v) is 3.60. The maximum absolute atomic E-state index is 4.22. The lowest BCUT2D eigenvalue weighted by Crippen LogP contribution is -2.00. The molecule has 0 aliphatic heterocycles. The van der Waals surface area contributed by atoms with Crippen LogP contribution >= 0.6 is 27.7 Å². The minimum absolute atomic E-state index is 0.961. The second kappa shape index (κ2) is 6.11. The topological polar surface area (TPSA) is 17.8 Å². The normalized spacial score (nSPS) is 10.6. The lowest BCUT2D eigenvalue weighted by Gasteiger charge is -2.02. The van der Waals surface area contributed by atoms with Crippen molar-refractivity contribution in [2.75, 3.05) is 5.75 Å². The maximum Gasteiger partial charge on any atom is 0.0632 e. The summed E-state index contributed by atoms with van der Waals surface area (Å²) in [6.07, 6.45) is 3.82. The van der Waals surface area contributed by atoms with Crippen LogP contribution in [0.15, 0.2) is 47.2 Å². The van der Waals surface area contributed by atoms with Crippen LogP contribution in [0.4, 0.5) is 0 Å². The Bertz CT molecular complexity index is 428. The van der Waals surface area contributed by atoms with Gasteiger partial charge in [0.05, 0.1) is 10.7 Å². The van der Waals surface area contributed by atoms with Crippen molar-refractivity contribution in [3.05, 3.63) is 52.8 Å². The fourth-order valence-electron chi connectivity index (χ4n) is 1.38. The van der Waals surface area contributed by atoms with Gasteiger partial charge in [0, 0.05) is 24.2 Å². The summed E-state index contributed by atoms with van der Waals surface area (Å²) in [6, 6.07) is 10.5. The van der Waals surface area contributed by atoms with Crippen LogP contribution in [0.3, 0.4) is 0 Å². The average molecular weight is 297 g/mol. The van der Waals surface area contributed by atoms with Gasteiger partial charge in [-0.1, -0.05) is 30.3 Å². The van der Waals surface area contributed by atoms with Crippen LogP contribution in [0.5, 0.6) is 0 Å². The van der Waals surface area contributed by atoms with Crippen molar-refractivity contribution >= 4 is 27.7 Å². The molecule has 0 aliphatic rings. The van der Waals surface area contributed by atoms with E-state index in [9.17, 15) is 0 Å². The predicted molar refractivity (Wildman–Crippen MR) is 72.5 cm³/mol. The zero-order valence-electron chi connectivity index (χ0n) is 8.84. The molecule has 4 heteroatoms. The van der Waals surface area contributed by atoms with Gasteiger partial charge in [0.1, 0.15) is 0 Å². The van der Waals surface area contributed by atoms with Gasteiger partial charge in [-0.05, 0) is 21.5 Å². The molecule has 0 spiro atoms. The molecule has 0 radical (unpaired) electrons. The highest BCUT2D eigenvalue weighted by atomic mass is 79.9. The molecule has 1 aromatic heterocycles. The standard InChI is InChI=1S/C12H13BrN2S/c13-12-8-14-15(9-12)6-7-16-10-11-4-2-1-3-5-11/h1-5,8-9H,6-7,10H2. The van der Waals surface area contributed by atoms with Crippen molar-refractivity contribution in [1.82, 2.24) is 9.78 Å². The van der Waals surface area contributed by atoms with Gasteiger partial charge in [-0.15, -0.1) is 0 Å². The highest BCUT2D eigenvalue weighted by molar-refractivity contribution is 9.10. The van der Waals surface area contributed by atoms with E-state index in [0.717, 1.165) is 22.5 Å². The van der Waals surface area contributed by atoms with Crippen LogP contribution in [-0.2, 0) is 12.3 Å². The third kappa shape index (κ3) is 3.68. The molecule has 1 aromatic carbocycles. The molecule has 2 aromatic rings. The Morgan fingerprint density at radius 1 is 1.25 bits per heavy atom. The van der Waals surface area contributed by atoms with Gasteiger partial charge >= 0.3 is 0 Å². The predicted octanol–water partition coefficient (Wildman–Crippen LogP) is 3.58. The molecule has 0 fully saturated rings. The van der Waals surface area contributed by atoms with E-state index in [1.54, 1.807) is 0 Å². The first-order chi connectivity index (χ1) is 7.84. The largest absolute Gasteiger partial charge is 0.271 e. The highest BCUT2D eigenvalue weighted by Crippen LogP contribution is 2.12. The van der Waals surface area contributed by atoms with Crippen LogP contribution in [0.1, 0.15) is 5.56 Å². The molecular weight excluding hydrogens is 284 g/mol. The van der Waals surface area contributed by atoms with Gasteiger partial charge in [-0.2, -0.15) is 16.9 Å². The molecular formula is C12H13BrN2S. The Hall–Kier alpha value is -0.740. The SMILES string of the molecule is Brc1cnn(CCSCc2ccccc2)c1. The summed E-state index contributed by atoms with van der Waals surface area (Å²) in [5.74, 6) is 2.16. The molecule has 0 N–H and O–H groups in total. The van der Waals surface area contributed by atoms with Crippen molar-refractivity contribution in [2.24, 2.45) is 0 Å². The Morgan fingerprint density at radius 3 is 2.75 bits per heavy atom. The quantitative estimate of drug-likeness (QED) is 0.785. The Morgan fingerprint density at radius 2 is 2.06 bits per heavy atom. The van der Waals surface area contributed by atoms with Crippen molar-refractivity contribution in [2.45, 2.75) is 12.3 Å². The zero-order valence-corrected chi connectivity index (χ0v) is 11.2. The van der Waals surface area contributed by atoms with Crippen molar-refractivity contribution in [3.63, 3.8) is 0 Å². The molecule has 0 aliphatic carbocycles. The number of hydrogen-bond donors (Lipinski definition) is 0. The number of benzene rings is 1. The molecule has 2 rings (SSSR count). The van der Waals surface area contributed by atoms with E-state index in [-0.39, 0.29) is 0 Å². The van der Waals surface area contributed by atoms with Crippen molar-refractivity contribution < 1.29 is 0 Å². The van der Waals surface area contributed by atoms with Crippen molar-refractivity contribution in [3.8, 4) is 0 Å². The molecule has 0 bridgehead atoms. The van der Waals surface area contributed by atoms with Gasteiger partial charge in [0.25, 0.3) is 0 Å². The summed E-state index contributed by atoms with van der Waals surface area (Å²) in [6.45, 7) is 0.961. The van der Waals surface area contributed by atoms with E-state index in [0.29, 0.717) is 0 Å². The summed E-state index contributed by atoms with van der Waals surface area (Å²) >= 11 is 5.32. The monoisotopic (exact) mass is 296 g/mol. The number of hydrogen-bond acceptors (Lipinski definition) is 2. The molecule has 1 heterocycles. The van der Waals surface area contributed by atoms with E-state index in [1.165, 1.54) is 5.56 Å². The lowest BCUT2D eigenvalue weighted by molar-refractivity contribution is 0.666. The first-order valence-electron chi connectivity index (χ1n) is 5.14. The van der Waals surface area contributed by atoms with Gasteiger partial charge < -0.3 is 0 Å². The summed E-state index contributed by atoms with van der Waals surface area (Å²) in [4.78, 5) is 0. The number of rotatable bonds is 5. The van der Waals surface area contributed by atoms with E-state index in [2.05, 4.69) is 51.4 Å². The zero-order chi connectivity index (χ0) is 11.2. The van der Waals surface area contributed by atoms with Crippen LogP contribution in [0.2, 0.25) is 0 Å². The van der Waals surface area contributed by atoms with Gasteiger partial charge in [-0.25, -0.2) is 0 Å². The molecule has 0 saturated heterocycles. The molecule has 0 saturated carbocycles. The number of aryl methyl sites for hydroxylation is 1. The molecule has 0 atom stereocenters. The summed E-state index contributed by atoms with van der Waals surface area (Å²) in [7, 11) is 0. The van der Waals surface area contributed by atoms with E-state index in [4.69, 9.17) is 0 Å². The molecule has 0 amide bonds. The summed E-state index contributed by atoms with van der Waals surface area (Å²) < 4.78 is 3.00. The minimum atomic E-state index is 0.961. The number of nitrogens with zero attached hydrogens (tertiary/aromatic N) is 2. The van der Waals surface area contributed by atoms with Crippen LogP contribution in [0.25, 0.3) is 0 Å². The lowest BCUT2D eigenvalue weighted by atomic mass is 10.2. The summed E-state index contributed by atoms with van der Waals surface area (Å²) in [5, 5.41) is 4.22. The van der Waals surface area contributed by atoms with Crippen LogP contribution in [-0.4, -0.2) is 15.5 Å². The fourth-order valence-corrected chi connectivity index (χ4v) is 2.60. The van der Waals surface area contributed by atoms with Gasteiger partial charge in [0.2, 0.25) is 0 Å².